The van der Waals surface area contributed by atoms with Crippen molar-refractivity contribution in [3.8, 4) is 22.8 Å². The van der Waals surface area contributed by atoms with E-state index in [-0.39, 0.29) is 5.91 Å². The van der Waals surface area contributed by atoms with Crippen LogP contribution in [0.3, 0.4) is 0 Å². The molecule has 1 N–H and O–H groups in total. The molecule has 0 aliphatic carbocycles. The van der Waals surface area contributed by atoms with Crippen molar-refractivity contribution in [1.82, 2.24) is 15.3 Å². The van der Waals surface area contributed by atoms with Crippen molar-refractivity contribution in [3.63, 3.8) is 0 Å². The van der Waals surface area contributed by atoms with Gasteiger partial charge < -0.3 is 14.8 Å². The van der Waals surface area contributed by atoms with Gasteiger partial charge in [-0.15, -0.1) is 11.3 Å². The van der Waals surface area contributed by atoms with Crippen molar-refractivity contribution in [1.29, 1.82) is 0 Å². The highest BCUT2D eigenvalue weighted by Gasteiger charge is 2.11. The average Bonchev–Trinajstić information content (AvgIpc) is 3.25. The van der Waals surface area contributed by atoms with Gasteiger partial charge in [0.15, 0.2) is 11.5 Å². The summed E-state index contributed by atoms with van der Waals surface area (Å²) in [5.74, 6) is 0.816. The van der Waals surface area contributed by atoms with Crippen molar-refractivity contribution in [2.45, 2.75) is 19.9 Å². The quantitative estimate of drug-likeness (QED) is 0.472. The van der Waals surface area contributed by atoms with E-state index in [9.17, 15) is 4.79 Å². The molecule has 2 aromatic heterocycles. The highest BCUT2D eigenvalue weighted by Crippen LogP contribution is 2.36. The van der Waals surface area contributed by atoms with Crippen molar-refractivity contribution in [3.05, 3.63) is 63.7 Å². The molecule has 2 heterocycles. The normalized spacial score (nSPS) is 10.9. The topological polar surface area (TPSA) is 73.3 Å². The van der Waals surface area contributed by atoms with Crippen LogP contribution in [0.1, 0.15) is 23.9 Å². The van der Waals surface area contributed by atoms with Crippen LogP contribution in [0, 0.1) is 0 Å². The number of methoxy groups -OCH3 is 1. The molecule has 0 atom stereocenters. The molecule has 0 bridgehead atoms. The molecule has 6 nitrogen and oxygen atoms in total. The Hall–Kier alpha value is -2.90. The van der Waals surface area contributed by atoms with E-state index in [1.807, 2.05) is 24.4 Å². The standard InChI is InChI=1S/C22H22ClN3O3S/c1-3-10-29-22-17(23)11-15(12-19(22)28-2)4-5-20(27)25-13-21-26-18(14-30-21)16-6-8-24-9-7-16/h4-9,11-12,14H,3,10,13H2,1-2H3,(H,25,27)/b5-4+. The van der Waals surface area contributed by atoms with Gasteiger partial charge in [0.05, 0.1) is 31.0 Å². The number of nitrogens with zero attached hydrogens (tertiary/aromatic N) is 2. The fourth-order valence-corrected chi connectivity index (χ4v) is 3.64. The molecule has 0 aliphatic heterocycles. The SMILES string of the molecule is CCCOc1c(Cl)cc(/C=C/C(=O)NCc2nc(-c3ccncc3)cs2)cc1OC. The molecule has 3 aromatic rings. The van der Waals surface area contributed by atoms with E-state index in [1.165, 1.54) is 17.4 Å². The van der Waals surface area contributed by atoms with Crippen LogP contribution in [0.4, 0.5) is 0 Å². The Morgan fingerprint density at radius 2 is 2.10 bits per heavy atom. The number of halogens is 1. The van der Waals surface area contributed by atoms with Gasteiger partial charge in [-0.05, 0) is 42.3 Å². The van der Waals surface area contributed by atoms with Gasteiger partial charge in [-0.1, -0.05) is 18.5 Å². The van der Waals surface area contributed by atoms with Gasteiger partial charge in [0.25, 0.3) is 0 Å². The third kappa shape index (κ3) is 5.81. The maximum absolute atomic E-state index is 12.2. The van der Waals surface area contributed by atoms with Gasteiger partial charge in [0.2, 0.25) is 5.91 Å². The fourth-order valence-electron chi connectivity index (χ4n) is 2.62. The lowest BCUT2D eigenvalue weighted by atomic mass is 10.2. The molecule has 1 aromatic carbocycles. The van der Waals surface area contributed by atoms with Crippen LogP contribution >= 0.6 is 22.9 Å². The number of amides is 1. The van der Waals surface area contributed by atoms with Crippen molar-refractivity contribution >= 4 is 34.9 Å². The van der Waals surface area contributed by atoms with Gasteiger partial charge in [0.1, 0.15) is 5.01 Å². The van der Waals surface area contributed by atoms with E-state index < -0.39 is 0 Å². The smallest absolute Gasteiger partial charge is 0.244 e. The molecule has 0 spiro atoms. The molecule has 0 saturated carbocycles. The number of pyridine rings is 1. The fraction of sp³-hybridized carbons (Fsp3) is 0.227. The molecule has 8 heteroatoms. The number of thiazole rings is 1. The molecule has 3 rings (SSSR count). The third-order valence-corrected chi connectivity index (χ3v) is 5.20. The Bertz CT molecular complexity index is 1020. The Balaban J connectivity index is 1.60. The molecule has 0 saturated heterocycles. The van der Waals surface area contributed by atoms with Crippen molar-refractivity contribution in [2.75, 3.05) is 13.7 Å². The number of aromatic nitrogens is 2. The average molecular weight is 444 g/mol. The van der Waals surface area contributed by atoms with Crippen LogP contribution < -0.4 is 14.8 Å². The minimum absolute atomic E-state index is 0.225. The molecular formula is C22H22ClN3O3S. The first-order valence-corrected chi connectivity index (χ1v) is 10.7. The number of carbonyl (C=O) groups is 1. The number of carbonyl (C=O) groups excluding carboxylic acids is 1. The zero-order valence-electron chi connectivity index (χ0n) is 16.7. The number of rotatable bonds is 9. The summed E-state index contributed by atoms with van der Waals surface area (Å²) in [5.41, 5.74) is 2.61. The first-order valence-electron chi connectivity index (χ1n) is 9.41. The minimum Gasteiger partial charge on any atom is -0.493 e. The Kier molecular flexibility index (Phi) is 7.82. The van der Waals surface area contributed by atoms with E-state index in [0.29, 0.717) is 29.7 Å². The Morgan fingerprint density at radius 3 is 2.83 bits per heavy atom. The predicted molar refractivity (Wildman–Crippen MR) is 120 cm³/mol. The lowest BCUT2D eigenvalue weighted by Gasteiger charge is -2.12. The van der Waals surface area contributed by atoms with Crippen LogP contribution in [-0.4, -0.2) is 29.6 Å². The predicted octanol–water partition coefficient (Wildman–Crippen LogP) is 4.99. The highest BCUT2D eigenvalue weighted by molar-refractivity contribution is 7.09. The molecule has 0 unspecified atom stereocenters. The summed E-state index contributed by atoms with van der Waals surface area (Å²) in [5, 5.41) is 6.06. The molecule has 0 fully saturated rings. The molecule has 156 valence electrons. The van der Waals surface area contributed by atoms with Gasteiger partial charge >= 0.3 is 0 Å². The van der Waals surface area contributed by atoms with E-state index in [4.69, 9.17) is 21.1 Å². The van der Waals surface area contributed by atoms with Crippen molar-refractivity contribution in [2.24, 2.45) is 0 Å². The maximum Gasteiger partial charge on any atom is 0.244 e. The van der Waals surface area contributed by atoms with Gasteiger partial charge in [-0.25, -0.2) is 4.98 Å². The number of hydrogen-bond acceptors (Lipinski definition) is 6. The summed E-state index contributed by atoms with van der Waals surface area (Å²) < 4.78 is 11.0. The first kappa shape index (κ1) is 21.8. The third-order valence-electron chi connectivity index (χ3n) is 4.07. The van der Waals surface area contributed by atoms with Crippen LogP contribution in [0.2, 0.25) is 5.02 Å². The lowest BCUT2D eigenvalue weighted by molar-refractivity contribution is -0.116. The Morgan fingerprint density at radius 1 is 1.30 bits per heavy atom. The van der Waals surface area contributed by atoms with E-state index in [2.05, 4.69) is 15.3 Å². The minimum atomic E-state index is -0.225. The van der Waals surface area contributed by atoms with Gasteiger partial charge in [0, 0.05) is 29.4 Å². The zero-order chi connectivity index (χ0) is 21.3. The van der Waals surface area contributed by atoms with Gasteiger partial charge in [-0.3, -0.25) is 9.78 Å². The van der Waals surface area contributed by atoms with Crippen LogP contribution in [0.25, 0.3) is 17.3 Å². The largest absolute Gasteiger partial charge is 0.493 e. The molecule has 30 heavy (non-hydrogen) atoms. The monoisotopic (exact) mass is 443 g/mol. The van der Waals surface area contributed by atoms with E-state index in [0.717, 1.165) is 28.2 Å². The molecule has 0 aliphatic rings. The Labute approximate surface area is 184 Å². The van der Waals surface area contributed by atoms with E-state index in [1.54, 1.807) is 37.7 Å². The molecular weight excluding hydrogens is 422 g/mol. The number of hydrogen-bond donors (Lipinski definition) is 1. The second-order valence-electron chi connectivity index (χ2n) is 6.30. The van der Waals surface area contributed by atoms with Crippen molar-refractivity contribution < 1.29 is 14.3 Å². The van der Waals surface area contributed by atoms with Crippen LogP contribution in [-0.2, 0) is 11.3 Å². The number of nitrogens with one attached hydrogen (secondary N) is 1. The zero-order valence-corrected chi connectivity index (χ0v) is 18.3. The summed E-state index contributed by atoms with van der Waals surface area (Å²) >= 11 is 7.81. The van der Waals surface area contributed by atoms with Crippen LogP contribution in [0.15, 0.2) is 48.1 Å². The highest BCUT2D eigenvalue weighted by atomic mass is 35.5. The number of ether oxygens (including phenoxy) is 2. The van der Waals surface area contributed by atoms with Gasteiger partial charge in [-0.2, -0.15) is 0 Å². The second kappa shape index (κ2) is 10.8. The molecule has 0 radical (unpaired) electrons. The summed E-state index contributed by atoms with van der Waals surface area (Å²) in [6.07, 6.45) is 7.45. The summed E-state index contributed by atoms with van der Waals surface area (Å²) in [6, 6.07) is 7.32. The maximum atomic E-state index is 12.2. The van der Waals surface area contributed by atoms with Crippen LogP contribution in [0.5, 0.6) is 11.5 Å². The van der Waals surface area contributed by atoms with E-state index >= 15 is 0 Å². The molecule has 1 amide bonds. The first-order chi connectivity index (χ1) is 14.6. The number of benzene rings is 1. The summed E-state index contributed by atoms with van der Waals surface area (Å²) in [7, 11) is 1.55. The summed E-state index contributed by atoms with van der Waals surface area (Å²) in [4.78, 5) is 20.7. The second-order valence-corrected chi connectivity index (χ2v) is 7.65. The summed E-state index contributed by atoms with van der Waals surface area (Å²) in [6.45, 7) is 2.92. The lowest BCUT2D eigenvalue weighted by Crippen LogP contribution is -2.20.